The summed E-state index contributed by atoms with van der Waals surface area (Å²) in [6.45, 7) is 0.0945. The molecule has 0 heterocycles. The molecule has 13 heteroatoms. The zero-order chi connectivity index (χ0) is 23.7. The van der Waals surface area contributed by atoms with Gasteiger partial charge in [0.1, 0.15) is 11.5 Å². The third-order valence-electron chi connectivity index (χ3n) is 4.13. The molecule has 2 rings (SSSR count). The Morgan fingerprint density at radius 1 is 1.03 bits per heavy atom. The Morgan fingerprint density at radius 3 is 2.34 bits per heavy atom. The fourth-order valence-electron chi connectivity index (χ4n) is 2.51. The summed E-state index contributed by atoms with van der Waals surface area (Å²) in [5, 5.41) is 21.4. The lowest BCUT2D eigenvalue weighted by atomic mass is 10.2. The van der Waals surface area contributed by atoms with Crippen molar-refractivity contribution >= 4 is 33.2 Å². The number of nitro benzene ring substituents is 1. The highest BCUT2D eigenvalue weighted by Crippen LogP contribution is 2.27. The first-order valence-corrected chi connectivity index (χ1v) is 11.2. The van der Waals surface area contributed by atoms with Crippen LogP contribution in [0.1, 0.15) is 5.56 Å². The number of nitrogens with one attached hydrogen (secondary N) is 4. The lowest BCUT2D eigenvalue weighted by Gasteiger charge is -2.10. The van der Waals surface area contributed by atoms with E-state index >= 15 is 0 Å². The Labute approximate surface area is 183 Å². The van der Waals surface area contributed by atoms with E-state index in [1.165, 1.54) is 36.4 Å². The summed E-state index contributed by atoms with van der Waals surface area (Å²) in [7, 11) is -3.59. The molecule has 3 amide bonds. The minimum absolute atomic E-state index is 0.0999. The molecule has 0 aliphatic heterocycles. The number of carbonyl (C=O) groups is 2. The highest BCUT2D eigenvalue weighted by atomic mass is 32.2. The van der Waals surface area contributed by atoms with Gasteiger partial charge in [-0.25, -0.2) is 17.6 Å². The van der Waals surface area contributed by atoms with Gasteiger partial charge in [0.05, 0.1) is 16.4 Å². The van der Waals surface area contributed by atoms with Gasteiger partial charge >= 0.3 is 6.03 Å². The molecule has 0 fully saturated rings. The van der Waals surface area contributed by atoms with Crippen LogP contribution in [0.3, 0.4) is 0 Å². The van der Waals surface area contributed by atoms with Crippen molar-refractivity contribution in [1.29, 1.82) is 0 Å². The number of halogens is 1. The van der Waals surface area contributed by atoms with Crippen LogP contribution in [0, 0.1) is 15.9 Å². The Balaban J connectivity index is 1.72. The van der Waals surface area contributed by atoms with Crippen molar-refractivity contribution in [3.8, 4) is 0 Å². The quantitative estimate of drug-likeness (QED) is 0.232. The van der Waals surface area contributed by atoms with Crippen LogP contribution in [0.15, 0.2) is 47.4 Å². The summed E-state index contributed by atoms with van der Waals surface area (Å²) >= 11 is 0. The third kappa shape index (κ3) is 7.83. The highest BCUT2D eigenvalue weighted by molar-refractivity contribution is 7.90. The number of nitrogens with zero attached hydrogens (tertiary/aromatic N) is 1. The molecule has 11 nitrogen and oxygen atoms in total. The highest BCUT2D eigenvalue weighted by Gasteiger charge is 2.18. The van der Waals surface area contributed by atoms with Crippen molar-refractivity contribution < 1.29 is 27.3 Å². The molecule has 0 radical (unpaired) electrons. The topological polar surface area (TPSA) is 160 Å². The first-order chi connectivity index (χ1) is 15.1. The zero-order valence-electron chi connectivity index (χ0n) is 17.1. The van der Waals surface area contributed by atoms with E-state index in [9.17, 15) is 32.5 Å². The second kappa shape index (κ2) is 11.0. The number of carbonyl (C=O) groups excluding carboxylic acids is 2. The van der Waals surface area contributed by atoms with Gasteiger partial charge < -0.3 is 21.3 Å². The predicted octanol–water partition coefficient (Wildman–Crippen LogP) is 1.16. The standard InChI is InChI=1S/C19H22FN5O6S/c1-32(30,31)15-6-7-16(17(10-15)25(28)29)21-8-9-22-18(26)12-24-19(27)23-11-13-2-4-14(20)5-3-13/h2-7,10,21H,8-9,11-12H2,1H3,(H,22,26)(H2,23,24,27). The van der Waals surface area contributed by atoms with Gasteiger partial charge in [-0.2, -0.15) is 0 Å². The van der Waals surface area contributed by atoms with Gasteiger partial charge in [-0.1, -0.05) is 12.1 Å². The second-order valence-corrected chi connectivity index (χ2v) is 8.66. The number of amides is 3. The smallest absolute Gasteiger partial charge is 0.315 e. The van der Waals surface area contributed by atoms with Crippen molar-refractivity contribution in [3.05, 3.63) is 64.0 Å². The molecule has 0 atom stereocenters. The number of benzene rings is 2. The predicted molar refractivity (Wildman–Crippen MR) is 114 cm³/mol. The third-order valence-corrected chi connectivity index (χ3v) is 5.24. The fraction of sp³-hybridized carbons (Fsp3) is 0.263. The molecule has 0 spiro atoms. The normalized spacial score (nSPS) is 10.8. The van der Waals surface area contributed by atoms with E-state index in [1.807, 2.05) is 0 Å². The van der Waals surface area contributed by atoms with Gasteiger partial charge in [0.25, 0.3) is 5.69 Å². The number of rotatable bonds is 10. The molecule has 4 N–H and O–H groups in total. The molecule has 0 aliphatic carbocycles. The van der Waals surface area contributed by atoms with Gasteiger partial charge in [-0.05, 0) is 29.8 Å². The number of hydrogen-bond donors (Lipinski definition) is 4. The van der Waals surface area contributed by atoms with E-state index in [2.05, 4.69) is 21.3 Å². The molecular weight excluding hydrogens is 445 g/mol. The van der Waals surface area contributed by atoms with Crippen molar-refractivity contribution in [3.63, 3.8) is 0 Å². The van der Waals surface area contributed by atoms with Gasteiger partial charge in [-0.3, -0.25) is 14.9 Å². The summed E-state index contributed by atoms with van der Waals surface area (Å²) in [5.74, 6) is -0.865. The molecular formula is C19H22FN5O6S. The largest absolute Gasteiger partial charge is 0.378 e. The van der Waals surface area contributed by atoms with Crippen LogP contribution in [-0.2, 0) is 21.2 Å². The van der Waals surface area contributed by atoms with E-state index in [1.54, 1.807) is 0 Å². The van der Waals surface area contributed by atoms with Crippen LogP contribution < -0.4 is 21.3 Å². The molecule has 0 saturated heterocycles. The van der Waals surface area contributed by atoms with Gasteiger partial charge in [0.15, 0.2) is 9.84 Å². The summed E-state index contributed by atoms with van der Waals surface area (Å²) in [4.78, 5) is 33.8. The average molecular weight is 467 g/mol. The lowest BCUT2D eigenvalue weighted by Crippen LogP contribution is -2.42. The van der Waals surface area contributed by atoms with Gasteiger partial charge in [0.2, 0.25) is 5.91 Å². The van der Waals surface area contributed by atoms with Crippen LogP contribution in [0.5, 0.6) is 0 Å². The van der Waals surface area contributed by atoms with Gasteiger partial charge in [0, 0.05) is 32.0 Å². The average Bonchev–Trinajstić information content (AvgIpc) is 2.74. The first kappa shape index (κ1) is 24.5. The maximum Gasteiger partial charge on any atom is 0.315 e. The van der Waals surface area contributed by atoms with E-state index in [0.717, 1.165) is 12.3 Å². The van der Waals surface area contributed by atoms with Crippen molar-refractivity contribution in [2.45, 2.75) is 11.4 Å². The molecule has 0 saturated carbocycles. The molecule has 0 unspecified atom stereocenters. The SMILES string of the molecule is CS(=O)(=O)c1ccc(NCCNC(=O)CNC(=O)NCc2ccc(F)cc2)c([N+](=O)[O-])c1. The Hall–Kier alpha value is -3.74. The van der Waals surface area contributed by atoms with Gasteiger partial charge in [-0.15, -0.1) is 0 Å². The van der Waals surface area contributed by atoms with Crippen LogP contribution in [0.25, 0.3) is 0 Å². The molecule has 0 aromatic heterocycles. The van der Waals surface area contributed by atoms with E-state index in [4.69, 9.17) is 0 Å². The van der Waals surface area contributed by atoms with Crippen LogP contribution in [0.2, 0.25) is 0 Å². The Kier molecular flexibility index (Phi) is 8.46. The van der Waals surface area contributed by atoms with Crippen molar-refractivity contribution in [2.75, 3.05) is 31.2 Å². The van der Waals surface area contributed by atoms with Crippen LogP contribution in [-0.4, -0.2) is 51.2 Å². The van der Waals surface area contributed by atoms with Crippen LogP contribution >= 0.6 is 0 Å². The minimum Gasteiger partial charge on any atom is -0.378 e. The fourth-order valence-corrected chi connectivity index (χ4v) is 3.15. The number of nitro groups is 1. The van der Waals surface area contributed by atoms with Crippen molar-refractivity contribution in [2.24, 2.45) is 0 Å². The molecule has 0 aliphatic rings. The van der Waals surface area contributed by atoms with E-state index < -0.39 is 32.4 Å². The summed E-state index contributed by atoms with van der Waals surface area (Å²) in [5.41, 5.74) is 0.393. The molecule has 0 bridgehead atoms. The minimum atomic E-state index is -3.59. The van der Waals surface area contributed by atoms with E-state index in [-0.39, 0.29) is 42.6 Å². The van der Waals surface area contributed by atoms with Crippen LogP contribution in [0.4, 0.5) is 20.6 Å². The number of urea groups is 1. The monoisotopic (exact) mass is 467 g/mol. The second-order valence-electron chi connectivity index (χ2n) is 6.65. The number of sulfone groups is 1. The molecule has 172 valence electrons. The molecule has 2 aromatic carbocycles. The maximum absolute atomic E-state index is 12.8. The van der Waals surface area contributed by atoms with E-state index in [0.29, 0.717) is 5.56 Å². The van der Waals surface area contributed by atoms with Crippen molar-refractivity contribution in [1.82, 2.24) is 16.0 Å². The molecule has 2 aromatic rings. The molecule has 32 heavy (non-hydrogen) atoms. The lowest BCUT2D eigenvalue weighted by molar-refractivity contribution is -0.384. The first-order valence-electron chi connectivity index (χ1n) is 9.31. The maximum atomic E-state index is 12.8. The summed E-state index contributed by atoms with van der Waals surface area (Å²) in [6, 6.07) is 8.49. The zero-order valence-corrected chi connectivity index (χ0v) is 17.9. The number of hydrogen-bond acceptors (Lipinski definition) is 7. The Morgan fingerprint density at radius 2 is 1.72 bits per heavy atom. The summed E-state index contributed by atoms with van der Waals surface area (Å²) in [6.07, 6.45) is 0.950. The Bertz CT molecular complexity index is 1090. The summed E-state index contributed by atoms with van der Waals surface area (Å²) < 4.78 is 35.9. The number of anilines is 1.